The maximum absolute atomic E-state index is 12.3. The molecule has 3 aromatic heterocycles. The molecule has 4 aromatic rings. The van der Waals surface area contributed by atoms with E-state index in [1.165, 1.54) is 0 Å². The molecule has 1 aromatic carbocycles. The van der Waals surface area contributed by atoms with Crippen molar-refractivity contribution in [3.8, 4) is 11.8 Å². The molecule has 1 amide bonds. The zero-order valence-electron chi connectivity index (χ0n) is 19.5. The molecule has 0 radical (unpaired) electrons. The van der Waals surface area contributed by atoms with Crippen molar-refractivity contribution in [3.63, 3.8) is 0 Å². The van der Waals surface area contributed by atoms with Crippen LogP contribution in [0.3, 0.4) is 0 Å². The summed E-state index contributed by atoms with van der Waals surface area (Å²) in [6.07, 6.45) is 6.93. The molecule has 35 heavy (non-hydrogen) atoms. The minimum Gasteiger partial charge on any atom is -0.359 e. The number of nitrogens with zero attached hydrogens (tertiary/aromatic N) is 6. The van der Waals surface area contributed by atoms with Crippen LogP contribution in [-0.2, 0) is 11.2 Å². The van der Waals surface area contributed by atoms with Crippen LogP contribution in [0.5, 0.6) is 0 Å². The average molecular weight is 533 g/mol. The largest absolute Gasteiger partial charge is 0.359 e. The number of amides is 1. The first kappa shape index (κ1) is 23.2. The number of carbonyl (C=O) groups excluding carboxylic acids is 1. The number of halogens is 1. The molecule has 2 atom stereocenters. The Hall–Kier alpha value is -3.58. The van der Waals surface area contributed by atoms with Crippen LogP contribution in [0.4, 0.5) is 5.95 Å². The third kappa shape index (κ3) is 4.32. The molecule has 178 valence electrons. The van der Waals surface area contributed by atoms with Gasteiger partial charge >= 0.3 is 0 Å². The van der Waals surface area contributed by atoms with Gasteiger partial charge in [0, 0.05) is 42.7 Å². The van der Waals surface area contributed by atoms with E-state index >= 15 is 0 Å². The summed E-state index contributed by atoms with van der Waals surface area (Å²) in [6.45, 7) is 2.00. The van der Waals surface area contributed by atoms with Gasteiger partial charge in [0.25, 0.3) is 0 Å². The van der Waals surface area contributed by atoms with Crippen molar-refractivity contribution >= 4 is 49.7 Å². The fraction of sp³-hybridized carbons (Fsp3) is 0.360. The van der Waals surface area contributed by atoms with E-state index in [0.29, 0.717) is 29.0 Å². The van der Waals surface area contributed by atoms with Crippen LogP contribution in [0.1, 0.15) is 38.2 Å². The third-order valence-corrected chi connectivity index (χ3v) is 7.33. The van der Waals surface area contributed by atoms with Crippen LogP contribution in [-0.4, -0.2) is 43.7 Å². The Morgan fingerprint density at radius 1 is 1.37 bits per heavy atom. The van der Waals surface area contributed by atoms with E-state index in [1.54, 1.807) is 24.1 Å². The lowest BCUT2D eigenvalue weighted by molar-refractivity contribution is -0.129. The van der Waals surface area contributed by atoms with Crippen molar-refractivity contribution < 1.29 is 4.79 Å². The smallest absolute Gasteiger partial charge is 0.225 e. The van der Waals surface area contributed by atoms with E-state index in [4.69, 9.17) is 10.2 Å². The summed E-state index contributed by atoms with van der Waals surface area (Å²) >= 11 is 3.54. The number of pyridine rings is 1. The summed E-state index contributed by atoms with van der Waals surface area (Å²) in [4.78, 5) is 26.1. The van der Waals surface area contributed by atoms with Gasteiger partial charge in [-0.15, -0.1) is 0 Å². The van der Waals surface area contributed by atoms with E-state index in [2.05, 4.69) is 47.7 Å². The number of fused-ring (bicyclic) bond motifs is 2. The van der Waals surface area contributed by atoms with Crippen molar-refractivity contribution in [1.82, 2.24) is 30.0 Å². The Balaban J connectivity index is 1.52. The Bertz CT molecular complexity index is 1480. The number of hydrogen-bond donors (Lipinski definition) is 2. The summed E-state index contributed by atoms with van der Waals surface area (Å²) in [5.74, 6) is 0.572. The first-order valence-corrected chi connectivity index (χ1v) is 12.4. The minimum atomic E-state index is -0.389. The zero-order valence-corrected chi connectivity index (χ0v) is 21.1. The average Bonchev–Trinajstić information content (AvgIpc) is 3.41. The van der Waals surface area contributed by atoms with Crippen LogP contribution in [0, 0.1) is 16.7 Å². The minimum absolute atomic E-state index is 0.0678. The predicted molar refractivity (Wildman–Crippen MR) is 137 cm³/mol. The van der Waals surface area contributed by atoms with Gasteiger partial charge in [0.2, 0.25) is 11.9 Å². The van der Waals surface area contributed by atoms with Crippen LogP contribution in [0.2, 0.25) is 0 Å². The lowest BCUT2D eigenvalue weighted by atomic mass is 9.87. The molecule has 0 aliphatic heterocycles. The number of nitriles is 1. The highest BCUT2D eigenvalue weighted by Crippen LogP contribution is 2.39. The van der Waals surface area contributed by atoms with Crippen molar-refractivity contribution in [2.75, 3.05) is 12.4 Å². The van der Waals surface area contributed by atoms with Gasteiger partial charge in [0.15, 0.2) is 5.65 Å². The monoisotopic (exact) mass is 532 g/mol. The van der Waals surface area contributed by atoms with Crippen LogP contribution >= 0.6 is 15.9 Å². The number of aryl methyl sites for hydroxylation is 1. The van der Waals surface area contributed by atoms with E-state index in [-0.39, 0.29) is 17.4 Å². The zero-order chi connectivity index (χ0) is 24.6. The Kier molecular flexibility index (Phi) is 6.11. The summed E-state index contributed by atoms with van der Waals surface area (Å²) in [5, 5.41) is 21.8. The Morgan fingerprint density at radius 2 is 2.23 bits per heavy atom. The van der Waals surface area contributed by atoms with Gasteiger partial charge in [0.05, 0.1) is 22.7 Å². The van der Waals surface area contributed by atoms with Gasteiger partial charge in [0.1, 0.15) is 4.60 Å². The molecule has 1 aliphatic carbocycles. The van der Waals surface area contributed by atoms with E-state index in [9.17, 15) is 4.79 Å². The lowest BCUT2D eigenvalue weighted by Crippen LogP contribution is -2.35. The normalized spacial score (nSPS) is 19.7. The van der Waals surface area contributed by atoms with Gasteiger partial charge in [-0.25, -0.2) is 9.67 Å². The number of nitrogens with one attached hydrogen (secondary N) is 2. The van der Waals surface area contributed by atoms with Gasteiger partial charge < -0.3 is 10.6 Å². The maximum atomic E-state index is 12.3. The van der Waals surface area contributed by atoms with Gasteiger partial charge in [-0.05, 0) is 65.4 Å². The van der Waals surface area contributed by atoms with Gasteiger partial charge in [-0.1, -0.05) is 13.0 Å². The molecule has 0 spiro atoms. The highest BCUT2D eigenvalue weighted by Gasteiger charge is 2.41. The molecule has 0 saturated heterocycles. The molecule has 1 aliphatic rings. The second-order valence-corrected chi connectivity index (χ2v) is 9.95. The molecule has 0 bridgehead atoms. The molecule has 10 heteroatoms. The topological polar surface area (TPSA) is 121 Å². The summed E-state index contributed by atoms with van der Waals surface area (Å²) < 4.78 is 2.44. The third-order valence-electron chi connectivity index (χ3n) is 6.75. The maximum Gasteiger partial charge on any atom is 0.225 e. The molecular formula is C25H25BrN8O. The number of benzene rings is 1. The number of carbonyl (C=O) groups is 1. The van der Waals surface area contributed by atoms with Gasteiger partial charge in [-0.3, -0.25) is 9.78 Å². The lowest BCUT2D eigenvalue weighted by Gasteiger charge is -2.22. The van der Waals surface area contributed by atoms with Crippen molar-refractivity contribution in [2.24, 2.45) is 5.41 Å². The second-order valence-electron chi connectivity index (χ2n) is 9.20. The van der Waals surface area contributed by atoms with Crippen LogP contribution < -0.4 is 10.6 Å². The fourth-order valence-corrected chi connectivity index (χ4v) is 5.37. The first-order valence-electron chi connectivity index (χ1n) is 11.6. The highest BCUT2D eigenvalue weighted by atomic mass is 79.9. The number of hydrogen-bond acceptors (Lipinski definition) is 7. The number of rotatable bonds is 6. The molecule has 9 nitrogen and oxygen atoms in total. The molecule has 1 fully saturated rings. The van der Waals surface area contributed by atoms with E-state index in [1.807, 2.05) is 31.2 Å². The highest BCUT2D eigenvalue weighted by molar-refractivity contribution is 9.10. The summed E-state index contributed by atoms with van der Waals surface area (Å²) in [7, 11) is 1.68. The predicted octanol–water partition coefficient (Wildman–Crippen LogP) is 4.30. The molecule has 5 rings (SSSR count). The SMILES string of the molecule is CNC(=O)[C@]1(C)CC[C@@H](Nc2ncc3c(Br)nn(-c4cc(CCC#N)c5ncccc5c4)c3n2)C1. The van der Waals surface area contributed by atoms with Crippen LogP contribution in [0.15, 0.2) is 41.3 Å². The van der Waals surface area contributed by atoms with E-state index in [0.717, 1.165) is 46.8 Å². The van der Waals surface area contributed by atoms with Crippen molar-refractivity contribution in [1.29, 1.82) is 5.26 Å². The van der Waals surface area contributed by atoms with Gasteiger partial charge in [-0.2, -0.15) is 15.3 Å². The van der Waals surface area contributed by atoms with Crippen molar-refractivity contribution in [3.05, 3.63) is 46.8 Å². The molecule has 1 saturated carbocycles. The summed E-state index contributed by atoms with van der Waals surface area (Å²) in [5.41, 5.74) is 2.99. The van der Waals surface area contributed by atoms with E-state index < -0.39 is 0 Å². The quantitative estimate of drug-likeness (QED) is 0.379. The standard InChI is InChI=1S/C25H25BrN8O/c1-25(23(35)28-2)8-7-17(13-25)31-24-30-14-19-21(26)33-34(22(19)32-24)18-11-15(5-3-9-27)20-16(12-18)6-4-10-29-20/h4,6,10-12,14,17H,3,5,7-8,13H2,1-2H3,(H,28,35)(H,30,31,32)/t17-,25-/m1/s1. The first-order chi connectivity index (χ1) is 16.9. The number of anilines is 1. The number of aromatic nitrogens is 5. The second kappa shape index (κ2) is 9.23. The molecule has 2 N–H and O–H groups in total. The summed E-state index contributed by atoms with van der Waals surface area (Å²) in [6, 6.07) is 10.3. The van der Waals surface area contributed by atoms with Crippen LogP contribution in [0.25, 0.3) is 27.6 Å². The Labute approximate surface area is 211 Å². The molecule has 3 heterocycles. The molecular weight excluding hydrogens is 508 g/mol. The Morgan fingerprint density at radius 3 is 3.03 bits per heavy atom. The van der Waals surface area contributed by atoms with Crippen molar-refractivity contribution in [2.45, 2.75) is 45.1 Å². The molecule has 0 unspecified atom stereocenters. The fourth-order valence-electron chi connectivity index (χ4n) is 4.93.